The first kappa shape index (κ1) is 28.0. The van der Waals surface area contributed by atoms with Gasteiger partial charge in [-0.1, -0.05) is 6.07 Å². The van der Waals surface area contributed by atoms with Crippen molar-refractivity contribution >= 4 is 0 Å². The van der Waals surface area contributed by atoms with Crippen LogP contribution in [-0.2, 0) is 32.9 Å². The zero-order valence-electron chi connectivity index (χ0n) is 18.7. The molecule has 4 nitrogen and oxygen atoms in total. The van der Waals surface area contributed by atoms with Crippen molar-refractivity contribution in [2.24, 2.45) is 0 Å². The molecule has 0 saturated heterocycles. The Morgan fingerprint density at radius 1 is 0.794 bits per heavy atom. The average molecular weight is 654 g/mol. The van der Waals surface area contributed by atoms with Crippen molar-refractivity contribution in [3.8, 4) is 22.5 Å². The molecule has 0 spiro atoms. The van der Waals surface area contributed by atoms with Crippen LogP contribution < -0.4 is 0 Å². The smallest absolute Gasteiger partial charge is 0.126 e. The standard InChI is InChI=1S/C20H13F4N2.C5H12O2.Ir/c21-13-5-11(6-14(22)9-13)19-20(12-7-15(23)10-16(24)8-12)26-18-4-2-1-3-17(18)25-19;1-4(6)3-5(2)7;/h5-7,9-10H,1-4H2;4-7H,3H2,1-2H3;/q-1;;. The molecular formula is C25H25F4IrN2O2-. The summed E-state index contributed by atoms with van der Waals surface area (Å²) < 4.78 is 54.7. The van der Waals surface area contributed by atoms with Gasteiger partial charge in [-0.05, 0) is 63.6 Å². The minimum Gasteiger partial charge on any atom is -0.393 e. The molecule has 3 aromatic rings. The Balaban J connectivity index is 0.000000449. The molecule has 1 aromatic heterocycles. The van der Waals surface area contributed by atoms with Gasteiger partial charge in [0.15, 0.2) is 0 Å². The molecule has 0 saturated carbocycles. The van der Waals surface area contributed by atoms with Crippen molar-refractivity contribution in [1.82, 2.24) is 9.97 Å². The number of aryl methyl sites for hydroxylation is 2. The van der Waals surface area contributed by atoms with Gasteiger partial charge in [0.25, 0.3) is 0 Å². The van der Waals surface area contributed by atoms with E-state index in [4.69, 9.17) is 10.2 Å². The molecule has 4 rings (SSSR count). The molecule has 0 aliphatic heterocycles. The maximum absolute atomic E-state index is 13.7. The van der Waals surface area contributed by atoms with E-state index in [-0.39, 0.29) is 54.8 Å². The van der Waals surface area contributed by atoms with Gasteiger partial charge in [-0.25, -0.2) is 17.6 Å². The molecule has 34 heavy (non-hydrogen) atoms. The van der Waals surface area contributed by atoms with Gasteiger partial charge in [0.1, 0.15) is 11.6 Å². The van der Waals surface area contributed by atoms with Gasteiger partial charge < -0.3 is 10.2 Å². The first-order valence-electron chi connectivity index (χ1n) is 10.7. The fourth-order valence-corrected chi connectivity index (χ4v) is 3.69. The van der Waals surface area contributed by atoms with Crippen LogP contribution in [0.1, 0.15) is 44.5 Å². The van der Waals surface area contributed by atoms with Crippen LogP contribution in [0.2, 0.25) is 0 Å². The van der Waals surface area contributed by atoms with Gasteiger partial charge in [-0.2, -0.15) is 0 Å². The molecule has 2 atom stereocenters. The third kappa shape index (κ3) is 7.67. The summed E-state index contributed by atoms with van der Waals surface area (Å²) in [6.45, 7) is 3.32. The van der Waals surface area contributed by atoms with Gasteiger partial charge in [-0.3, -0.25) is 9.97 Å². The molecule has 1 aliphatic rings. The van der Waals surface area contributed by atoms with Gasteiger partial charge in [0, 0.05) is 43.5 Å². The zero-order chi connectivity index (χ0) is 24.1. The van der Waals surface area contributed by atoms with Crippen LogP contribution in [-0.4, -0.2) is 32.4 Å². The Bertz CT molecular complexity index is 999. The summed E-state index contributed by atoms with van der Waals surface area (Å²) in [4.78, 5) is 9.07. The number of aliphatic hydroxyl groups is 2. The summed E-state index contributed by atoms with van der Waals surface area (Å²) in [5, 5.41) is 17.1. The van der Waals surface area contributed by atoms with Gasteiger partial charge in [0.05, 0.1) is 29.3 Å². The quantitative estimate of drug-likeness (QED) is 0.301. The molecule has 0 fully saturated rings. The number of nitrogens with zero attached hydrogens (tertiary/aromatic N) is 2. The van der Waals surface area contributed by atoms with E-state index in [0.717, 1.165) is 48.5 Å². The molecule has 9 heteroatoms. The van der Waals surface area contributed by atoms with Gasteiger partial charge in [0.2, 0.25) is 0 Å². The van der Waals surface area contributed by atoms with Crippen LogP contribution in [0.3, 0.4) is 0 Å². The summed E-state index contributed by atoms with van der Waals surface area (Å²) in [6.07, 6.45) is 3.01. The third-order valence-corrected chi connectivity index (χ3v) is 5.00. The van der Waals surface area contributed by atoms with Crippen LogP contribution in [0.5, 0.6) is 0 Å². The van der Waals surface area contributed by atoms with Crippen molar-refractivity contribution in [2.75, 3.05) is 0 Å². The first-order valence-corrected chi connectivity index (χ1v) is 10.7. The Morgan fingerprint density at radius 2 is 1.29 bits per heavy atom. The molecule has 1 heterocycles. The molecule has 0 amide bonds. The second-order valence-corrected chi connectivity index (χ2v) is 8.17. The SMILES string of the molecule is CC(O)CC(C)O.Fc1[c-]c(-c2nc3c(nc2-c2cc(F)cc(F)c2)CCCC3)cc(F)c1.[Ir]. The maximum Gasteiger partial charge on any atom is 0.126 e. The second kappa shape index (κ2) is 12.5. The molecule has 2 N–H and O–H groups in total. The third-order valence-electron chi connectivity index (χ3n) is 5.00. The molecule has 0 bridgehead atoms. The Labute approximate surface area is 209 Å². The van der Waals surface area contributed by atoms with Crippen LogP contribution in [0.4, 0.5) is 17.6 Å². The Hall–Kier alpha value is -2.19. The maximum atomic E-state index is 13.7. The first-order chi connectivity index (χ1) is 15.6. The van der Waals surface area contributed by atoms with E-state index in [0.29, 0.717) is 25.3 Å². The largest absolute Gasteiger partial charge is 0.393 e. The summed E-state index contributed by atoms with van der Waals surface area (Å²) in [6, 6.07) is 7.21. The van der Waals surface area contributed by atoms with E-state index < -0.39 is 23.3 Å². The minimum atomic E-state index is -0.879. The summed E-state index contributed by atoms with van der Waals surface area (Å²) >= 11 is 0. The Kier molecular flexibility index (Phi) is 10.3. The molecule has 185 valence electrons. The topological polar surface area (TPSA) is 66.2 Å². The van der Waals surface area contributed by atoms with Crippen LogP contribution in [0.15, 0.2) is 30.3 Å². The molecule has 2 unspecified atom stereocenters. The molecule has 2 aromatic carbocycles. The van der Waals surface area contributed by atoms with Crippen molar-refractivity contribution in [1.29, 1.82) is 0 Å². The van der Waals surface area contributed by atoms with E-state index in [1.54, 1.807) is 13.8 Å². The molecule has 1 aliphatic carbocycles. The predicted octanol–water partition coefficient (Wildman–Crippen LogP) is 5.18. The van der Waals surface area contributed by atoms with Crippen molar-refractivity contribution < 1.29 is 47.9 Å². The second-order valence-electron chi connectivity index (χ2n) is 8.17. The van der Waals surface area contributed by atoms with E-state index in [2.05, 4.69) is 16.0 Å². The van der Waals surface area contributed by atoms with E-state index in [1.807, 2.05) is 0 Å². The number of halogens is 4. The van der Waals surface area contributed by atoms with Gasteiger partial charge in [-0.15, -0.1) is 17.7 Å². The number of rotatable bonds is 4. The van der Waals surface area contributed by atoms with Crippen LogP contribution in [0.25, 0.3) is 22.5 Å². The van der Waals surface area contributed by atoms with E-state index >= 15 is 0 Å². The summed E-state index contributed by atoms with van der Waals surface area (Å²) in [5.74, 6) is -3.19. The number of hydrogen-bond donors (Lipinski definition) is 2. The van der Waals surface area contributed by atoms with Crippen molar-refractivity contribution in [2.45, 2.75) is 58.2 Å². The number of benzene rings is 2. The minimum absolute atomic E-state index is 0. The summed E-state index contributed by atoms with van der Waals surface area (Å²) in [5.41, 5.74) is 2.06. The summed E-state index contributed by atoms with van der Waals surface area (Å²) in [7, 11) is 0. The molecule has 1 radical (unpaired) electrons. The fourth-order valence-electron chi connectivity index (χ4n) is 3.69. The fraction of sp³-hybridized carbons (Fsp3) is 0.360. The van der Waals surface area contributed by atoms with Crippen LogP contribution >= 0.6 is 0 Å². The van der Waals surface area contributed by atoms with Crippen LogP contribution in [0, 0.1) is 29.3 Å². The Morgan fingerprint density at radius 3 is 1.76 bits per heavy atom. The number of hydrogen-bond acceptors (Lipinski definition) is 4. The zero-order valence-corrected chi connectivity index (χ0v) is 21.1. The number of fused-ring (bicyclic) bond motifs is 1. The number of aliphatic hydroxyl groups excluding tert-OH is 2. The van der Waals surface area contributed by atoms with E-state index in [9.17, 15) is 17.6 Å². The van der Waals surface area contributed by atoms with Crippen molar-refractivity contribution in [3.05, 3.63) is 71.1 Å². The van der Waals surface area contributed by atoms with Gasteiger partial charge >= 0.3 is 0 Å². The monoisotopic (exact) mass is 654 g/mol. The van der Waals surface area contributed by atoms with E-state index in [1.165, 1.54) is 0 Å². The van der Waals surface area contributed by atoms with Crippen molar-refractivity contribution in [3.63, 3.8) is 0 Å². The normalized spacial score (nSPS) is 14.2. The predicted molar refractivity (Wildman–Crippen MR) is 116 cm³/mol. The average Bonchev–Trinajstić information content (AvgIpc) is 2.71. The molecular weight excluding hydrogens is 628 g/mol. The number of aromatic nitrogens is 2.